The highest BCUT2D eigenvalue weighted by atomic mass is 32.2. The zero-order valence-corrected chi connectivity index (χ0v) is 16.5. The van der Waals surface area contributed by atoms with E-state index in [0.29, 0.717) is 11.1 Å². The summed E-state index contributed by atoms with van der Waals surface area (Å²) in [5.74, 6) is -1.14. The van der Waals surface area contributed by atoms with Gasteiger partial charge in [-0.1, -0.05) is 37.3 Å². The first-order chi connectivity index (χ1) is 13.3. The summed E-state index contributed by atoms with van der Waals surface area (Å²) >= 11 is 0. The molecule has 0 atom stereocenters. The SMILES string of the molecule is CCc1cccc2c(C(=O)COC(=O)c3cccc(CS(C)(=O)=O)c3)c[nH]c12. The van der Waals surface area contributed by atoms with Crippen LogP contribution in [0.1, 0.15) is 38.8 Å². The van der Waals surface area contributed by atoms with E-state index in [0.717, 1.165) is 29.1 Å². The highest BCUT2D eigenvalue weighted by molar-refractivity contribution is 7.89. The van der Waals surface area contributed by atoms with Crippen molar-refractivity contribution in [1.29, 1.82) is 0 Å². The molecule has 0 spiro atoms. The molecular formula is C21H21NO5S. The lowest BCUT2D eigenvalue weighted by Crippen LogP contribution is -2.14. The van der Waals surface area contributed by atoms with Gasteiger partial charge < -0.3 is 9.72 Å². The molecule has 2 aromatic carbocycles. The Morgan fingerprint density at radius 3 is 2.57 bits per heavy atom. The lowest BCUT2D eigenvalue weighted by atomic mass is 10.1. The van der Waals surface area contributed by atoms with E-state index in [2.05, 4.69) is 4.98 Å². The van der Waals surface area contributed by atoms with E-state index >= 15 is 0 Å². The van der Waals surface area contributed by atoms with Crippen molar-refractivity contribution in [2.75, 3.05) is 12.9 Å². The van der Waals surface area contributed by atoms with E-state index in [-0.39, 0.29) is 17.1 Å². The maximum Gasteiger partial charge on any atom is 0.338 e. The van der Waals surface area contributed by atoms with Crippen molar-refractivity contribution < 1.29 is 22.7 Å². The predicted octanol–water partition coefficient (Wildman–Crippen LogP) is 3.31. The van der Waals surface area contributed by atoms with Crippen molar-refractivity contribution in [2.45, 2.75) is 19.1 Å². The number of aromatic amines is 1. The summed E-state index contributed by atoms with van der Waals surface area (Å²) in [6.07, 6.45) is 3.60. The summed E-state index contributed by atoms with van der Waals surface area (Å²) in [7, 11) is -3.21. The fourth-order valence-electron chi connectivity index (χ4n) is 3.13. The fraction of sp³-hybridized carbons (Fsp3) is 0.238. The normalized spacial score (nSPS) is 11.5. The van der Waals surface area contributed by atoms with Crippen LogP contribution in [0.25, 0.3) is 10.9 Å². The van der Waals surface area contributed by atoms with Crippen molar-refractivity contribution in [1.82, 2.24) is 4.98 Å². The first-order valence-corrected chi connectivity index (χ1v) is 10.9. The number of fused-ring (bicyclic) bond motifs is 1. The molecule has 0 bridgehead atoms. The standard InChI is InChI=1S/C21H21NO5S/c1-3-15-7-5-9-17-18(11-22-20(15)17)19(23)12-27-21(24)16-8-4-6-14(10-16)13-28(2,25)26/h4-11,22H,3,12-13H2,1-2H3. The van der Waals surface area contributed by atoms with Crippen molar-refractivity contribution in [3.63, 3.8) is 0 Å². The van der Waals surface area contributed by atoms with E-state index < -0.39 is 22.4 Å². The van der Waals surface area contributed by atoms with Crippen molar-refractivity contribution in [3.8, 4) is 0 Å². The molecule has 1 heterocycles. The van der Waals surface area contributed by atoms with Gasteiger partial charge >= 0.3 is 5.97 Å². The van der Waals surface area contributed by atoms with Gasteiger partial charge in [-0.15, -0.1) is 0 Å². The number of hydrogen-bond acceptors (Lipinski definition) is 5. The summed E-state index contributed by atoms with van der Waals surface area (Å²) in [6.45, 7) is 1.65. The number of ether oxygens (including phenoxy) is 1. The maximum atomic E-state index is 12.5. The topological polar surface area (TPSA) is 93.3 Å². The van der Waals surface area contributed by atoms with Crippen LogP contribution < -0.4 is 0 Å². The molecular weight excluding hydrogens is 378 g/mol. The molecule has 0 saturated heterocycles. The Hall–Kier alpha value is -2.93. The van der Waals surface area contributed by atoms with Gasteiger partial charge in [-0.3, -0.25) is 4.79 Å². The first kappa shape index (κ1) is 19.8. The van der Waals surface area contributed by atoms with Gasteiger partial charge in [0, 0.05) is 28.9 Å². The van der Waals surface area contributed by atoms with Crippen molar-refractivity contribution in [3.05, 3.63) is 70.9 Å². The maximum absolute atomic E-state index is 12.5. The number of nitrogens with one attached hydrogen (secondary N) is 1. The van der Waals surface area contributed by atoms with Gasteiger partial charge in [0.25, 0.3) is 0 Å². The smallest absolute Gasteiger partial charge is 0.338 e. The van der Waals surface area contributed by atoms with E-state index in [1.54, 1.807) is 18.3 Å². The Bertz CT molecular complexity index is 1140. The number of carbonyl (C=O) groups is 2. The van der Waals surface area contributed by atoms with E-state index in [1.165, 1.54) is 12.1 Å². The highest BCUT2D eigenvalue weighted by Gasteiger charge is 2.17. The number of hydrogen-bond donors (Lipinski definition) is 1. The number of esters is 1. The number of rotatable bonds is 7. The molecule has 7 heteroatoms. The number of sulfone groups is 1. The van der Waals surface area contributed by atoms with Crippen LogP contribution in [0.4, 0.5) is 0 Å². The molecule has 146 valence electrons. The number of aromatic nitrogens is 1. The number of carbonyl (C=O) groups excluding carboxylic acids is 2. The van der Waals surface area contributed by atoms with Gasteiger partial charge in [0.15, 0.2) is 16.4 Å². The van der Waals surface area contributed by atoms with Crippen LogP contribution >= 0.6 is 0 Å². The number of benzene rings is 2. The van der Waals surface area contributed by atoms with Gasteiger partial charge in [-0.2, -0.15) is 0 Å². The number of Topliss-reactive ketones (excluding diaryl/α,β-unsaturated/α-hetero) is 1. The van der Waals surface area contributed by atoms with Crippen LogP contribution in [0, 0.1) is 0 Å². The minimum Gasteiger partial charge on any atom is -0.454 e. The molecule has 1 N–H and O–H groups in total. The summed E-state index contributed by atoms with van der Waals surface area (Å²) in [5.41, 5.74) is 3.20. The van der Waals surface area contributed by atoms with Crippen LogP contribution in [0.15, 0.2) is 48.7 Å². The van der Waals surface area contributed by atoms with Crippen molar-refractivity contribution >= 4 is 32.5 Å². The second-order valence-corrected chi connectivity index (χ2v) is 8.81. The molecule has 0 aliphatic carbocycles. The molecule has 0 saturated carbocycles. The van der Waals surface area contributed by atoms with Gasteiger partial charge in [-0.05, 0) is 29.7 Å². The van der Waals surface area contributed by atoms with E-state index in [9.17, 15) is 18.0 Å². The third-order valence-electron chi connectivity index (χ3n) is 4.41. The Balaban J connectivity index is 1.71. The number of H-pyrrole nitrogens is 1. The van der Waals surface area contributed by atoms with Gasteiger partial charge in [0.05, 0.1) is 11.3 Å². The monoisotopic (exact) mass is 399 g/mol. The molecule has 28 heavy (non-hydrogen) atoms. The summed E-state index contributed by atoms with van der Waals surface area (Å²) in [6, 6.07) is 12.0. The van der Waals surface area contributed by atoms with Crippen LogP contribution in [0.3, 0.4) is 0 Å². The Labute approximate surface area is 163 Å². The average Bonchev–Trinajstić information content (AvgIpc) is 3.09. The van der Waals surface area contributed by atoms with E-state index in [1.807, 2.05) is 25.1 Å². The first-order valence-electron chi connectivity index (χ1n) is 8.84. The van der Waals surface area contributed by atoms with Crippen LogP contribution in [-0.4, -0.2) is 38.0 Å². The van der Waals surface area contributed by atoms with E-state index in [4.69, 9.17) is 4.74 Å². The zero-order valence-electron chi connectivity index (χ0n) is 15.7. The number of ketones is 1. The molecule has 3 aromatic rings. The quantitative estimate of drug-likeness (QED) is 0.486. The Morgan fingerprint density at radius 2 is 1.86 bits per heavy atom. The van der Waals surface area contributed by atoms with Gasteiger partial charge in [-0.25, -0.2) is 13.2 Å². The Kier molecular flexibility index (Phi) is 5.65. The summed E-state index contributed by atoms with van der Waals surface area (Å²) in [5, 5.41) is 0.801. The molecule has 1 aromatic heterocycles. The molecule has 0 fully saturated rings. The van der Waals surface area contributed by atoms with Crippen LogP contribution in [-0.2, 0) is 26.7 Å². The summed E-state index contributed by atoms with van der Waals surface area (Å²) < 4.78 is 28.0. The average molecular weight is 399 g/mol. The Morgan fingerprint density at radius 1 is 1.11 bits per heavy atom. The lowest BCUT2D eigenvalue weighted by Gasteiger charge is -2.06. The van der Waals surface area contributed by atoms with Gasteiger partial charge in [0.1, 0.15) is 0 Å². The fourth-order valence-corrected chi connectivity index (χ4v) is 3.91. The minimum absolute atomic E-state index is 0.165. The third kappa shape index (κ3) is 4.48. The molecule has 3 rings (SSSR count). The summed E-state index contributed by atoms with van der Waals surface area (Å²) in [4.78, 5) is 27.9. The lowest BCUT2D eigenvalue weighted by molar-refractivity contribution is 0.0475. The third-order valence-corrected chi connectivity index (χ3v) is 5.27. The largest absolute Gasteiger partial charge is 0.454 e. The molecule has 0 amide bonds. The second kappa shape index (κ2) is 7.98. The second-order valence-electron chi connectivity index (χ2n) is 6.67. The number of aryl methyl sites for hydroxylation is 1. The molecule has 0 aliphatic rings. The van der Waals surface area contributed by atoms with Crippen LogP contribution in [0.2, 0.25) is 0 Å². The predicted molar refractivity (Wildman–Crippen MR) is 107 cm³/mol. The zero-order chi connectivity index (χ0) is 20.3. The van der Waals surface area contributed by atoms with Crippen LogP contribution in [0.5, 0.6) is 0 Å². The van der Waals surface area contributed by atoms with Gasteiger partial charge in [0.2, 0.25) is 5.78 Å². The molecule has 0 aliphatic heterocycles. The van der Waals surface area contributed by atoms with Crippen molar-refractivity contribution in [2.24, 2.45) is 0 Å². The minimum atomic E-state index is -3.21. The highest BCUT2D eigenvalue weighted by Crippen LogP contribution is 2.22. The molecule has 6 nitrogen and oxygen atoms in total. The number of para-hydroxylation sites is 1. The molecule has 0 unspecified atom stereocenters. The molecule has 0 radical (unpaired) electrons.